The number of hydrogen-bond donors (Lipinski definition) is 0. The van der Waals surface area contributed by atoms with Gasteiger partial charge in [-0.05, 0) is 28.1 Å². The van der Waals surface area contributed by atoms with Crippen LogP contribution in [0, 0.1) is 5.95 Å². The first-order valence-corrected chi connectivity index (χ1v) is 4.26. The third-order valence-corrected chi connectivity index (χ3v) is 2.45. The van der Waals surface area contributed by atoms with Gasteiger partial charge in [-0.15, -0.1) is 5.10 Å². The van der Waals surface area contributed by atoms with Crippen LogP contribution in [0.15, 0.2) is 22.7 Å². The van der Waals surface area contributed by atoms with E-state index in [1.165, 1.54) is 4.68 Å². The molecule has 2 nitrogen and oxygen atoms in total. The minimum absolute atomic E-state index is 0.431. The summed E-state index contributed by atoms with van der Waals surface area (Å²) in [5.41, 5.74) is 0.793. The Kier molecular flexibility index (Phi) is 1.65. The van der Waals surface area contributed by atoms with Crippen molar-refractivity contribution in [2.24, 2.45) is 7.05 Å². The number of aryl methyl sites for hydroxylation is 1. The molecule has 0 fully saturated rings. The van der Waals surface area contributed by atoms with Gasteiger partial charge in [-0.3, -0.25) is 4.68 Å². The van der Waals surface area contributed by atoms with Crippen molar-refractivity contribution in [1.82, 2.24) is 9.78 Å². The minimum Gasteiger partial charge on any atom is -0.265 e. The molecule has 0 amide bonds. The highest BCUT2D eigenvalue weighted by Gasteiger charge is 2.09. The Balaban J connectivity index is 2.99. The summed E-state index contributed by atoms with van der Waals surface area (Å²) >= 11 is 3.27. The maximum atomic E-state index is 13.1. The van der Waals surface area contributed by atoms with Crippen LogP contribution in [0.25, 0.3) is 10.9 Å². The van der Waals surface area contributed by atoms with Gasteiger partial charge in [-0.25, -0.2) is 0 Å². The predicted molar refractivity (Wildman–Crippen MR) is 48.4 cm³/mol. The van der Waals surface area contributed by atoms with Crippen molar-refractivity contribution in [1.29, 1.82) is 0 Å². The van der Waals surface area contributed by atoms with Gasteiger partial charge in [0.2, 0.25) is 5.95 Å². The number of nitrogens with zero attached hydrogens (tertiary/aromatic N) is 2. The van der Waals surface area contributed by atoms with Crippen molar-refractivity contribution < 1.29 is 4.39 Å². The highest BCUT2D eigenvalue weighted by molar-refractivity contribution is 9.10. The first-order valence-electron chi connectivity index (χ1n) is 3.47. The molecule has 0 aliphatic rings. The second-order valence-corrected chi connectivity index (χ2v) is 3.40. The van der Waals surface area contributed by atoms with E-state index in [-0.39, 0.29) is 0 Å². The molecular formula is C8H6BrFN2. The van der Waals surface area contributed by atoms with Gasteiger partial charge in [0.05, 0.1) is 10.9 Å². The quantitative estimate of drug-likeness (QED) is 0.678. The monoisotopic (exact) mass is 228 g/mol. The van der Waals surface area contributed by atoms with Crippen LogP contribution in [-0.2, 0) is 7.05 Å². The van der Waals surface area contributed by atoms with E-state index in [1.54, 1.807) is 13.1 Å². The van der Waals surface area contributed by atoms with Gasteiger partial charge in [0.1, 0.15) is 0 Å². The molecule has 4 heteroatoms. The lowest BCUT2D eigenvalue weighted by molar-refractivity contribution is 0.562. The minimum atomic E-state index is -0.431. The van der Waals surface area contributed by atoms with Crippen molar-refractivity contribution >= 4 is 26.8 Å². The molecule has 0 atom stereocenters. The zero-order valence-electron chi connectivity index (χ0n) is 6.38. The van der Waals surface area contributed by atoms with E-state index in [0.717, 1.165) is 9.99 Å². The number of fused-ring (bicyclic) bond motifs is 1. The van der Waals surface area contributed by atoms with Gasteiger partial charge >= 0.3 is 0 Å². The van der Waals surface area contributed by atoms with Crippen LogP contribution in [0.1, 0.15) is 0 Å². The standard InChI is InChI=1S/C8H6BrFN2/c1-12-6-4-2-3-5(9)7(6)8(10)11-12/h2-4H,1H3. The van der Waals surface area contributed by atoms with E-state index < -0.39 is 5.95 Å². The number of aromatic nitrogens is 2. The molecule has 1 aromatic heterocycles. The van der Waals surface area contributed by atoms with Gasteiger partial charge in [-0.2, -0.15) is 4.39 Å². The lowest BCUT2D eigenvalue weighted by Crippen LogP contribution is -1.88. The highest BCUT2D eigenvalue weighted by atomic mass is 79.9. The Labute approximate surface area is 77.1 Å². The van der Waals surface area contributed by atoms with E-state index in [1.807, 2.05) is 12.1 Å². The fourth-order valence-corrected chi connectivity index (χ4v) is 1.74. The van der Waals surface area contributed by atoms with Gasteiger partial charge in [-0.1, -0.05) is 6.07 Å². The normalized spacial score (nSPS) is 10.9. The van der Waals surface area contributed by atoms with Crippen LogP contribution < -0.4 is 0 Å². The second-order valence-electron chi connectivity index (χ2n) is 2.55. The van der Waals surface area contributed by atoms with Crippen LogP contribution in [-0.4, -0.2) is 9.78 Å². The number of rotatable bonds is 0. The summed E-state index contributed by atoms with van der Waals surface area (Å²) < 4.78 is 15.4. The summed E-state index contributed by atoms with van der Waals surface area (Å²) in [5.74, 6) is -0.431. The van der Waals surface area contributed by atoms with Crippen molar-refractivity contribution in [3.63, 3.8) is 0 Å². The molecule has 0 unspecified atom stereocenters. The molecule has 12 heavy (non-hydrogen) atoms. The fourth-order valence-electron chi connectivity index (χ4n) is 1.22. The molecule has 1 aromatic carbocycles. The molecular weight excluding hydrogens is 223 g/mol. The fraction of sp³-hybridized carbons (Fsp3) is 0.125. The molecule has 0 saturated carbocycles. The number of benzene rings is 1. The number of halogens is 2. The van der Waals surface area contributed by atoms with Crippen LogP contribution in [0.3, 0.4) is 0 Å². The maximum absolute atomic E-state index is 13.1. The van der Waals surface area contributed by atoms with Crippen molar-refractivity contribution in [3.8, 4) is 0 Å². The molecule has 2 aromatic rings. The smallest absolute Gasteiger partial charge is 0.241 e. The van der Waals surface area contributed by atoms with Gasteiger partial charge in [0.15, 0.2) is 0 Å². The average molecular weight is 229 g/mol. The Morgan fingerprint density at radius 2 is 2.25 bits per heavy atom. The summed E-state index contributed by atoms with van der Waals surface area (Å²) in [7, 11) is 1.72. The summed E-state index contributed by atoms with van der Waals surface area (Å²) in [6, 6.07) is 5.48. The Morgan fingerprint density at radius 1 is 1.50 bits per heavy atom. The summed E-state index contributed by atoms with van der Waals surface area (Å²) in [6.07, 6.45) is 0. The van der Waals surface area contributed by atoms with Crippen LogP contribution in [0.2, 0.25) is 0 Å². The van der Waals surface area contributed by atoms with E-state index in [2.05, 4.69) is 21.0 Å². The van der Waals surface area contributed by atoms with Crippen LogP contribution in [0.5, 0.6) is 0 Å². The molecule has 0 saturated heterocycles. The Bertz CT molecular complexity index is 436. The lowest BCUT2D eigenvalue weighted by Gasteiger charge is -1.93. The third kappa shape index (κ3) is 0.948. The van der Waals surface area contributed by atoms with Crippen molar-refractivity contribution in [3.05, 3.63) is 28.6 Å². The van der Waals surface area contributed by atoms with E-state index in [0.29, 0.717) is 5.39 Å². The molecule has 0 radical (unpaired) electrons. The Hall–Kier alpha value is -0.900. The van der Waals surface area contributed by atoms with Gasteiger partial charge in [0.25, 0.3) is 0 Å². The zero-order valence-corrected chi connectivity index (χ0v) is 7.97. The molecule has 62 valence electrons. The second kappa shape index (κ2) is 2.55. The highest BCUT2D eigenvalue weighted by Crippen LogP contribution is 2.25. The SMILES string of the molecule is Cn1nc(F)c2c(Br)cccc21. The predicted octanol–water partition coefficient (Wildman–Crippen LogP) is 2.47. The summed E-state index contributed by atoms with van der Waals surface area (Å²) in [6.45, 7) is 0. The lowest BCUT2D eigenvalue weighted by atomic mass is 10.2. The molecule has 0 bridgehead atoms. The molecule has 0 spiro atoms. The molecule has 0 aliphatic heterocycles. The average Bonchev–Trinajstić information content (AvgIpc) is 2.29. The van der Waals surface area contributed by atoms with Gasteiger partial charge in [0, 0.05) is 11.5 Å². The largest absolute Gasteiger partial charge is 0.265 e. The molecule has 2 rings (SSSR count). The molecule has 1 heterocycles. The zero-order chi connectivity index (χ0) is 8.72. The van der Waals surface area contributed by atoms with Gasteiger partial charge < -0.3 is 0 Å². The summed E-state index contributed by atoms with van der Waals surface area (Å²) in [5, 5.41) is 4.21. The number of hydrogen-bond acceptors (Lipinski definition) is 1. The van der Waals surface area contributed by atoms with Crippen LogP contribution >= 0.6 is 15.9 Å². The van der Waals surface area contributed by atoms with Crippen LogP contribution in [0.4, 0.5) is 4.39 Å². The van der Waals surface area contributed by atoms with Crippen molar-refractivity contribution in [2.45, 2.75) is 0 Å². The van der Waals surface area contributed by atoms with E-state index in [9.17, 15) is 4.39 Å². The summed E-state index contributed by atoms with van der Waals surface area (Å²) in [4.78, 5) is 0. The molecule has 0 N–H and O–H groups in total. The van der Waals surface area contributed by atoms with E-state index in [4.69, 9.17) is 0 Å². The first kappa shape index (κ1) is 7.73. The Morgan fingerprint density at radius 3 is 2.92 bits per heavy atom. The molecule has 0 aliphatic carbocycles. The van der Waals surface area contributed by atoms with Crippen molar-refractivity contribution in [2.75, 3.05) is 0 Å². The third-order valence-electron chi connectivity index (χ3n) is 1.78. The maximum Gasteiger partial charge on any atom is 0.241 e. The topological polar surface area (TPSA) is 17.8 Å². The first-order chi connectivity index (χ1) is 5.70. The van der Waals surface area contributed by atoms with E-state index >= 15 is 0 Å².